The zero-order valence-electron chi connectivity index (χ0n) is 31.6. The van der Waals surface area contributed by atoms with E-state index in [0.29, 0.717) is 0 Å². The molecule has 0 fully saturated rings. The summed E-state index contributed by atoms with van der Waals surface area (Å²) < 4.78 is 2.19. The van der Waals surface area contributed by atoms with Crippen LogP contribution >= 0.6 is 23.1 Å². The molecular weight excluding hydrogens is 645 g/mol. The molecule has 0 N–H and O–H groups in total. The summed E-state index contributed by atoms with van der Waals surface area (Å²) >= 11 is 3.84. The van der Waals surface area contributed by atoms with Crippen molar-refractivity contribution in [1.82, 2.24) is 4.58 Å². The highest BCUT2D eigenvalue weighted by atomic mass is 32.2. The summed E-state index contributed by atoms with van der Waals surface area (Å²) in [6, 6.07) is 27.2. The number of anilines is 1. The summed E-state index contributed by atoms with van der Waals surface area (Å²) in [6.07, 6.45) is 15.3. The molecule has 258 valence electrons. The van der Waals surface area contributed by atoms with Gasteiger partial charge in [0.1, 0.15) is 14.1 Å². The Kier molecular flexibility index (Phi) is 10.4. The van der Waals surface area contributed by atoms with Gasteiger partial charge in [0.15, 0.2) is 0 Å². The van der Waals surface area contributed by atoms with E-state index in [9.17, 15) is 0 Å². The molecule has 2 aromatic carbocycles. The van der Waals surface area contributed by atoms with Crippen molar-refractivity contribution in [2.24, 2.45) is 5.41 Å². The van der Waals surface area contributed by atoms with Crippen LogP contribution in [0.4, 0.5) is 5.69 Å². The second-order valence-corrected chi connectivity index (χ2v) is 18.3. The van der Waals surface area contributed by atoms with Gasteiger partial charge in [0.25, 0.3) is 0 Å². The molecule has 6 rings (SSSR count). The maximum atomic E-state index is 2.42. The van der Waals surface area contributed by atoms with E-state index in [1.807, 2.05) is 23.1 Å². The van der Waals surface area contributed by atoms with Gasteiger partial charge < -0.3 is 4.90 Å². The van der Waals surface area contributed by atoms with Gasteiger partial charge in [0.05, 0.1) is 0 Å². The topological polar surface area (TPSA) is 6.25 Å². The van der Waals surface area contributed by atoms with Crippen molar-refractivity contribution in [3.63, 3.8) is 0 Å². The highest BCUT2D eigenvalue weighted by Gasteiger charge is 2.26. The molecule has 0 amide bonds. The number of hydrogen-bond donors (Lipinski definition) is 0. The van der Waals surface area contributed by atoms with Gasteiger partial charge in [0.2, 0.25) is 5.36 Å². The lowest BCUT2D eigenvalue weighted by molar-refractivity contribution is 0.533. The first-order valence-corrected chi connectivity index (χ1v) is 19.5. The second kappa shape index (κ2) is 14.4. The zero-order valence-corrected chi connectivity index (χ0v) is 33.3. The molecule has 0 spiro atoms. The minimum Gasteiger partial charge on any atom is -0.378 e. The van der Waals surface area contributed by atoms with Crippen molar-refractivity contribution < 1.29 is 0 Å². The third-order valence-electron chi connectivity index (χ3n) is 9.60. The monoisotopic (exact) mass is 697 g/mol. The normalized spacial score (nSPS) is 17.1. The first-order chi connectivity index (χ1) is 23.7. The largest absolute Gasteiger partial charge is 0.378 e. The van der Waals surface area contributed by atoms with Crippen molar-refractivity contribution in [3.05, 3.63) is 140 Å². The van der Waals surface area contributed by atoms with Gasteiger partial charge in [-0.05, 0) is 110 Å². The Balaban J connectivity index is 1.49. The van der Waals surface area contributed by atoms with E-state index in [0.717, 1.165) is 19.3 Å². The smallest absolute Gasteiger partial charge is 0.200 e. The lowest BCUT2D eigenvalue weighted by Gasteiger charge is -2.29. The van der Waals surface area contributed by atoms with Crippen LogP contribution in [0.1, 0.15) is 82.4 Å². The molecule has 2 nitrogen and oxygen atoms in total. The minimum absolute atomic E-state index is 0.0733. The zero-order chi connectivity index (χ0) is 35.8. The maximum absolute atomic E-state index is 2.42. The van der Waals surface area contributed by atoms with Gasteiger partial charge in [-0.1, -0.05) is 114 Å². The number of nitrogens with zero attached hydrogens (tertiary/aromatic N) is 2. The molecule has 0 saturated heterocycles. The molecule has 4 heteroatoms. The van der Waals surface area contributed by atoms with E-state index in [1.165, 1.54) is 75.1 Å². The molecule has 0 unspecified atom stereocenters. The van der Waals surface area contributed by atoms with E-state index in [4.69, 9.17) is 0 Å². The number of rotatable bonds is 5. The first-order valence-electron chi connectivity index (χ1n) is 17.9. The number of thioether (sulfide) groups is 1. The molecule has 0 bridgehead atoms. The van der Waals surface area contributed by atoms with Gasteiger partial charge in [0, 0.05) is 46.6 Å². The fraction of sp³-hybridized carbons (Fsp3) is 0.326. The SMILES string of the molecule is CN(C)c1ccc2c(c1)SC(C(C)(C)C)=C/C2=C\C=C1/CCCC(/C=C/c2cc(C(C)(C)C)sc3cc(=[N+](C)C)ccc2-3)=C1c1ccccc1. The maximum Gasteiger partial charge on any atom is 0.200 e. The molecule has 2 heterocycles. The summed E-state index contributed by atoms with van der Waals surface area (Å²) in [5.74, 6) is 0. The summed E-state index contributed by atoms with van der Waals surface area (Å²) in [6.45, 7) is 13.9. The minimum atomic E-state index is 0.0733. The van der Waals surface area contributed by atoms with Gasteiger partial charge in [-0.3, -0.25) is 0 Å². The Morgan fingerprint density at radius 1 is 0.760 bits per heavy atom. The van der Waals surface area contributed by atoms with Crippen molar-refractivity contribution >= 4 is 46.0 Å². The summed E-state index contributed by atoms with van der Waals surface area (Å²) in [5, 5.41) is 1.24. The Labute approximate surface area is 309 Å². The van der Waals surface area contributed by atoms with Crippen LogP contribution in [-0.2, 0) is 5.41 Å². The molecule has 4 aliphatic rings. The average Bonchev–Trinajstić information content (AvgIpc) is 3.08. The van der Waals surface area contributed by atoms with Gasteiger partial charge in [-0.2, -0.15) is 0 Å². The van der Waals surface area contributed by atoms with Crippen LogP contribution in [0.15, 0.2) is 118 Å². The lowest BCUT2D eigenvalue weighted by atomic mass is 9.82. The third kappa shape index (κ3) is 7.87. The number of benzene rings is 3. The predicted molar refractivity (Wildman–Crippen MR) is 223 cm³/mol. The van der Waals surface area contributed by atoms with Crippen LogP contribution in [0.25, 0.3) is 27.7 Å². The van der Waals surface area contributed by atoms with E-state index in [1.54, 1.807) is 0 Å². The van der Waals surface area contributed by atoms with Gasteiger partial charge >= 0.3 is 0 Å². The lowest BCUT2D eigenvalue weighted by Crippen LogP contribution is -2.21. The number of hydrogen-bond acceptors (Lipinski definition) is 3. The first kappa shape index (κ1) is 35.9. The highest BCUT2D eigenvalue weighted by molar-refractivity contribution is 8.03. The van der Waals surface area contributed by atoms with E-state index in [2.05, 4.69) is 182 Å². The molecule has 2 aromatic rings. The standard InChI is InChI=1S/C46H53N2S2/c1-45(2,3)42-27-34(38-25-23-36(47(7)8)29-40(38)49-42)21-19-32-17-14-18-33(44(32)31-15-12-11-13-16-31)20-22-35-28-43(46(4,5)6)50-41-30-37(48(9)10)24-26-39(35)41/h11-13,15-16,19-30H,14,17-18H2,1-10H3/q+1. The molecule has 0 saturated carbocycles. The fourth-order valence-corrected chi connectivity index (χ4v) is 9.00. The van der Waals surface area contributed by atoms with Gasteiger partial charge in [-0.15, -0.1) is 11.3 Å². The molecule has 0 aromatic heterocycles. The van der Waals surface area contributed by atoms with Gasteiger partial charge in [-0.25, -0.2) is 4.58 Å². The second-order valence-electron chi connectivity index (χ2n) is 16.1. The molecule has 0 atom stereocenters. The Bertz CT molecular complexity index is 2100. The molecule has 50 heavy (non-hydrogen) atoms. The van der Waals surface area contributed by atoms with Crippen LogP contribution in [0.5, 0.6) is 0 Å². The molecule has 0 radical (unpaired) electrons. The number of allylic oxidation sites excluding steroid dienone is 9. The quantitative estimate of drug-likeness (QED) is 0.192. The van der Waals surface area contributed by atoms with Crippen LogP contribution in [0.2, 0.25) is 0 Å². The summed E-state index contributed by atoms with van der Waals surface area (Å²) in [7, 11) is 8.48. The van der Waals surface area contributed by atoms with Crippen LogP contribution in [-0.4, -0.2) is 28.2 Å². The Morgan fingerprint density at radius 2 is 1.50 bits per heavy atom. The highest BCUT2D eigenvalue weighted by Crippen LogP contribution is 2.48. The van der Waals surface area contributed by atoms with Crippen molar-refractivity contribution in [1.29, 1.82) is 0 Å². The van der Waals surface area contributed by atoms with Crippen LogP contribution < -0.4 is 14.8 Å². The summed E-state index contributed by atoms with van der Waals surface area (Å²) in [5.41, 5.74) is 12.1. The predicted octanol–water partition coefficient (Wildman–Crippen LogP) is 11.9. The van der Waals surface area contributed by atoms with Crippen LogP contribution in [0.3, 0.4) is 0 Å². The van der Waals surface area contributed by atoms with E-state index < -0.39 is 0 Å². The molecule has 2 aliphatic carbocycles. The Hall–Kier alpha value is -3.86. The summed E-state index contributed by atoms with van der Waals surface area (Å²) in [4.78, 5) is 7.67. The van der Waals surface area contributed by atoms with Crippen molar-refractivity contribution in [2.75, 3.05) is 33.1 Å². The van der Waals surface area contributed by atoms with Crippen molar-refractivity contribution in [2.45, 2.75) is 71.1 Å². The third-order valence-corrected chi connectivity index (χ3v) is 12.6. The average molecular weight is 698 g/mol. The van der Waals surface area contributed by atoms with E-state index >= 15 is 0 Å². The number of fused-ring (bicyclic) bond motifs is 2. The van der Waals surface area contributed by atoms with Crippen molar-refractivity contribution in [3.8, 4) is 10.4 Å². The molecular formula is C46H53N2S2+. The Morgan fingerprint density at radius 3 is 2.18 bits per heavy atom. The van der Waals surface area contributed by atoms with E-state index in [-0.39, 0.29) is 10.8 Å². The van der Waals surface area contributed by atoms with Crippen LogP contribution in [0, 0.1) is 5.41 Å². The fourth-order valence-electron chi connectivity index (χ4n) is 6.59. The molecule has 2 aliphatic heterocycles.